The predicted molar refractivity (Wildman–Crippen MR) is 148 cm³/mol. The van der Waals surface area contributed by atoms with Gasteiger partial charge in [0.1, 0.15) is 24.5 Å². The summed E-state index contributed by atoms with van der Waals surface area (Å²) in [6, 6.07) is 14.6. The second-order valence-corrected chi connectivity index (χ2v) is 9.79. The molecule has 0 saturated heterocycles. The lowest BCUT2D eigenvalue weighted by Gasteiger charge is -2.21. The normalized spacial score (nSPS) is 16.8. The number of anilines is 2. The molecule has 206 valence electrons. The number of rotatable bonds is 3. The van der Waals surface area contributed by atoms with Gasteiger partial charge < -0.3 is 30.2 Å². The van der Waals surface area contributed by atoms with E-state index in [1.807, 2.05) is 36.4 Å². The molecule has 39 heavy (non-hydrogen) atoms. The molecule has 0 aliphatic carbocycles. The highest BCUT2D eigenvalue weighted by atomic mass is 16.5. The summed E-state index contributed by atoms with van der Waals surface area (Å²) in [6.45, 7) is 4.52. The van der Waals surface area contributed by atoms with E-state index >= 15 is 0 Å². The minimum absolute atomic E-state index is 0.160. The third-order valence-electron chi connectivity index (χ3n) is 6.05. The molecule has 2 aromatic carbocycles. The number of nitrogens with one attached hydrogen (secondary N) is 3. The number of hydrogen-bond donors (Lipinski definition) is 3. The van der Waals surface area contributed by atoms with Crippen LogP contribution >= 0.6 is 0 Å². The molecule has 0 spiro atoms. The SMILES string of the molecule is COc1ccc2cc1OCCNC(=O)CC(CC(C)C)NC(=O)COc1cccc(c1)Nc1cc(ncn1)C2. The van der Waals surface area contributed by atoms with E-state index in [0.29, 0.717) is 48.4 Å². The van der Waals surface area contributed by atoms with E-state index in [4.69, 9.17) is 14.2 Å². The standard InChI is InChI=1S/C29H35N5O5/c1-19(2)11-23-16-28(35)30-9-10-38-26-13-20(7-8-25(26)37-3)12-22-15-27(32-18-31-22)33-21-5-4-6-24(14-21)39-17-29(36)34-23/h4-8,13-15,18-19,23H,9-12,16-17H2,1-3H3,(H,30,35)(H,34,36)(H,31,32,33). The van der Waals surface area contributed by atoms with Gasteiger partial charge in [0.2, 0.25) is 5.91 Å². The van der Waals surface area contributed by atoms with Crippen molar-refractivity contribution in [2.24, 2.45) is 5.92 Å². The summed E-state index contributed by atoms with van der Waals surface area (Å²) in [4.78, 5) is 34.0. The molecule has 6 bridgehead atoms. The van der Waals surface area contributed by atoms with Crippen LogP contribution in [0.3, 0.4) is 0 Å². The highest BCUT2D eigenvalue weighted by Crippen LogP contribution is 2.29. The molecule has 10 nitrogen and oxygen atoms in total. The Balaban J connectivity index is 1.57. The zero-order valence-electron chi connectivity index (χ0n) is 22.5. The predicted octanol–water partition coefficient (Wildman–Crippen LogP) is 3.63. The van der Waals surface area contributed by atoms with Crippen LogP contribution in [-0.2, 0) is 16.0 Å². The summed E-state index contributed by atoms with van der Waals surface area (Å²) in [5.41, 5.74) is 2.57. The molecule has 0 fully saturated rings. The number of amides is 2. The van der Waals surface area contributed by atoms with Gasteiger partial charge in [-0.25, -0.2) is 9.97 Å². The van der Waals surface area contributed by atoms with E-state index in [1.165, 1.54) is 6.33 Å². The van der Waals surface area contributed by atoms with E-state index in [0.717, 1.165) is 16.9 Å². The maximum atomic E-state index is 12.7. The first-order valence-electron chi connectivity index (χ1n) is 13.0. The van der Waals surface area contributed by atoms with Crippen molar-refractivity contribution < 1.29 is 23.8 Å². The van der Waals surface area contributed by atoms with E-state index in [2.05, 4.69) is 39.8 Å². The molecular weight excluding hydrogens is 498 g/mol. The van der Waals surface area contributed by atoms with Gasteiger partial charge in [0.15, 0.2) is 18.1 Å². The average Bonchev–Trinajstić information content (AvgIpc) is 2.90. The summed E-state index contributed by atoms with van der Waals surface area (Å²) in [5.74, 6) is 2.21. The van der Waals surface area contributed by atoms with Crippen LogP contribution in [0.4, 0.5) is 11.5 Å². The molecule has 1 aromatic heterocycles. The molecule has 3 N–H and O–H groups in total. The molecule has 4 rings (SSSR count). The number of fused-ring (bicyclic) bond motifs is 6. The maximum Gasteiger partial charge on any atom is 0.258 e. The quantitative estimate of drug-likeness (QED) is 0.466. The number of aromatic nitrogens is 2. The number of hydrogen-bond acceptors (Lipinski definition) is 8. The van der Waals surface area contributed by atoms with Crippen molar-refractivity contribution in [3.05, 3.63) is 66.1 Å². The fraction of sp³-hybridized carbons (Fsp3) is 0.379. The lowest BCUT2D eigenvalue weighted by molar-refractivity contribution is -0.125. The van der Waals surface area contributed by atoms with Crippen LogP contribution < -0.4 is 30.2 Å². The lowest BCUT2D eigenvalue weighted by atomic mass is 10.0. The Bertz CT molecular complexity index is 1280. The second-order valence-electron chi connectivity index (χ2n) is 9.79. The molecule has 1 aliphatic heterocycles. The Morgan fingerprint density at radius 3 is 2.74 bits per heavy atom. The summed E-state index contributed by atoms with van der Waals surface area (Å²) >= 11 is 0. The highest BCUT2D eigenvalue weighted by molar-refractivity contribution is 5.80. The molecule has 0 radical (unpaired) electrons. The maximum absolute atomic E-state index is 12.7. The van der Waals surface area contributed by atoms with Crippen LogP contribution in [0.15, 0.2) is 54.9 Å². The summed E-state index contributed by atoms with van der Waals surface area (Å²) in [5, 5.41) is 9.09. The lowest BCUT2D eigenvalue weighted by Crippen LogP contribution is -2.42. The Kier molecular flexibility index (Phi) is 9.55. The highest BCUT2D eigenvalue weighted by Gasteiger charge is 2.18. The van der Waals surface area contributed by atoms with Crippen molar-refractivity contribution >= 4 is 23.3 Å². The number of carbonyl (C=O) groups is 2. The van der Waals surface area contributed by atoms with E-state index in [1.54, 1.807) is 19.2 Å². The molecule has 10 heteroatoms. The van der Waals surface area contributed by atoms with Gasteiger partial charge in [0, 0.05) is 36.7 Å². The first-order valence-corrected chi connectivity index (χ1v) is 13.0. The Morgan fingerprint density at radius 2 is 1.92 bits per heavy atom. The largest absolute Gasteiger partial charge is 0.493 e. The molecule has 2 amide bonds. The van der Waals surface area contributed by atoms with E-state index < -0.39 is 0 Å². The molecule has 1 unspecified atom stereocenters. The van der Waals surface area contributed by atoms with Crippen LogP contribution in [0.1, 0.15) is 37.9 Å². The molecule has 0 saturated carbocycles. The van der Waals surface area contributed by atoms with Crippen molar-refractivity contribution in [2.75, 3.05) is 32.2 Å². The number of nitrogens with zero attached hydrogens (tertiary/aromatic N) is 2. The minimum Gasteiger partial charge on any atom is -0.493 e. The first kappa shape index (κ1) is 27.7. The van der Waals surface area contributed by atoms with Crippen LogP contribution in [0.25, 0.3) is 0 Å². The van der Waals surface area contributed by atoms with Gasteiger partial charge >= 0.3 is 0 Å². The van der Waals surface area contributed by atoms with Crippen molar-refractivity contribution in [3.63, 3.8) is 0 Å². The Morgan fingerprint density at radius 1 is 1.05 bits per heavy atom. The summed E-state index contributed by atoms with van der Waals surface area (Å²) in [7, 11) is 1.59. The fourth-order valence-electron chi connectivity index (χ4n) is 4.36. The second kappa shape index (κ2) is 13.5. The third kappa shape index (κ3) is 8.59. The monoisotopic (exact) mass is 533 g/mol. The smallest absolute Gasteiger partial charge is 0.258 e. The topological polar surface area (TPSA) is 124 Å². The first-order chi connectivity index (χ1) is 18.9. The van der Waals surface area contributed by atoms with Crippen molar-refractivity contribution in [1.29, 1.82) is 0 Å². The summed E-state index contributed by atoms with van der Waals surface area (Å²) < 4.78 is 17.1. The van der Waals surface area contributed by atoms with Gasteiger partial charge in [-0.15, -0.1) is 0 Å². The van der Waals surface area contributed by atoms with Crippen LogP contribution in [0, 0.1) is 5.92 Å². The van der Waals surface area contributed by atoms with Gasteiger partial charge in [0.05, 0.1) is 19.3 Å². The molecule has 1 atom stereocenters. The molecule has 1 aliphatic rings. The number of ether oxygens (including phenoxy) is 3. The van der Waals surface area contributed by atoms with Crippen LogP contribution in [-0.4, -0.2) is 54.7 Å². The van der Waals surface area contributed by atoms with Crippen molar-refractivity contribution in [3.8, 4) is 17.2 Å². The van der Waals surface area contributed by atoms with Gasteiger partial charge in [-0.1, -0.05) is 26.0 Å². The number of benzene rings is 2. The van der Waals surface area contributed by atoms with E-state index in [9.17, 15) is 9.59 Å². The average molecular weight is 534 g/mol. The molecule has 3 aromatic rings. The van der Waals surface area contributed by atoms with Gasteiger partial charge in [-0.2, -0.15) is 0 Å². The molecule has 2 heterocycles. The molecular formula is C29H35N5O5. The van der Waals surface area contributed by atoms with Crippen molar-refractivity contribution in [1.82, 2.24) is 20.6 Å². The van der Waals surface area contributed by atoms with Gasteiger partial charge in [-0.3, -0.25) is 9.59 Å². The minimum atomic E-state index is -0.309. The Hall–Kier alpha value is -4.34. The van der Waals surface area contributed by atoms with Gasteiger partial charge in [0.25, 0.3) is 5.91 Å². The zero-order chi connectivity index (χ0) is 27.6. The summed E-state index contributed by atoms with van der Waals surface area (Å²) in [6.07, 6.45) is 2.90. The van der Waals surface area contributed by atoms with E-state index in [-0.39, 0.29) is 37.5 Å². The number of methoxy groups -OCH3 is 1. The van der Waals surface area contributed by atoms with Gasteiger partial charge in [-0.05, 0) is 42.2 Å². The Labute approximate surface area is 228 Å². The zero-order valence-corrected chi connectivity index (χ0v) is 22.5. The third-order valence-corrected chi connectivity index (χ3v) is 6.05. The van der Waals surface area contributed by atoms with Crippen LogP contribution in [0.5, 0.6) is 17.2 Å². The fourth-order valence-corrected chi connectivity index (χ4v) is 4.36. The number of carbonyl (C=O) groups excluding carboxylic acids is 2. The van der Waals surface area contributed by atoms with Crippen LogP contribution in [0.2, 0.25) is 0 Å². The van der Waals surface area contributed by atoms with Crippen molar-refractivity contribution in [2.45, 2.75) is 39.2 Å².